The van der Waals surface area contributed by atoms with Gasteiger partial charge in [-0.1, -0.05) is 40.9 Å². The van der Waals surface area contributed by atoms with Crippen molar-refractivity contribution in [3.05, 3.63) is 62.6 Å². The van der Waals surface area contributed by atoms with Crippen molar-refractivity contribution < 1.29 is 4.79 Å². The molecule has 4 rings (SSSR count). The van der Waals surface area contributed by atoms with Gasteiger partial charge in [0, 0.05) is 28.7 Å². The van der Waals surface area contributed by atoms with Crippen LogP contribution in [0.25, 0.3) is 0 Å². The molecule has 2 heterocycles. The van der Waals surface area contributed by atoms with Gasteiger partial charge in [0.2, 0.25) is 0 Å². The molecule has 0 aromatic heterocycles. The van der Waals surface area contributed by atoms with Crippen LogP contribution < -0.4 is 5.32 Å². The first-order chi connectivity index (χ1) is 13.3. The zero-order chi connectivity index (χ0) is 20.3. The second kappa shape index (κ2) is 6.37. The van der Waals surface area contributed by atoms with Gasteiger partial charge in [-0.15, -0.1) is 0 Å². The van der Waals surface area contributed by atoms with Gasteiger partial charge < -0.3 is 5.32 Å². The number of hydrogen-bond acceptors (Lipinski definition) is 4. The van der Waals surface area contributed by atoms with Crippen molar-refractivity contribution >= 4 is 46.4 Å². The Kier molecular flexibility index (Phi) is 4.34. The minimum Gasteiger partial charge on any atom is -0.324 e. The molecule has 0 aliphatic carbocycles. The van der Waals surface area contributed by atoms with Gasteiger partial charge in [0.05, 0.1) is 22.2 Å². The predicted molar refractivity (Wildman–Crippen MR) is 107 cm³/mol. The first-order valence-electron chi connectivity index (χ1n) is 8.42. The molecular weight excluding hydrogens is 419 g/mol. The van der Waals surface area contributed by atoms with E-state index in [0.717, 1.165) is 0 Å². The van der Waals surface area contributed by atoms with Crippen LogP contribution in [0.3, 0.4) is 0 Å². The monoisotopic (exact) mass is 430 g/mol. The average Bonchev–Trinajstić information content (AvgIpc) is 3.11. The van der Waals surface area contributed by atoms with Crippen LogP contribution in [0, 0.1) is 28.1 Å². The highest BCUT2D eigenvalue weighted by Gasteiger charge is 2.72. The van der Waals surface area contributed by atoms with Gasteiger partial charge in [-0.25, -0.2) is 0 Å². The molecule has 0 saturated carbocycles. The maximum atomic E-state index is 13.3. The molecule has 1 spiro atoms. The topological polar surface area (TPSA) is 79.9 Å². The Bertz CT molecular complexity index is 1090. The summed E-state index contributed by atoms with van der Waals surface area (Å²) in [7, 11) is 1.73. The summed E-state index contributed by atoms with van der Waals surface area (Å²) in [5, 5.41) is 24.5. The Morgan fingerprint density at radius 2 is 1.82 bits per heavy atom. The van der Waals surface area contributed by atoms with E-state index < -0.39 is 22.8 Å². The summed E-state index contributed by atoms with van der Waals surface area (Å²) >= 11 is 18.4. The number of nitriles is 2. The number of rotatable bonds is 1. The minimum absolute atomic E-state index is 0.304. The maximum absolute atomic E-state index is 13.3. The van der Waals surface area contributed by atoms with Crippen molar-refractivity contribution in [2.45, 2.75) is 11.5 Å². The lowest BCUT2D eigenvalue weighted by atomic mass is 9.62. The largest absolute Gasteiger partial charge is 0.324 e. The molecule has 2 aromatic rings. The summed E-state index contributed by atoms with van der Waals surface area (Å²) in [6, 6.07) is 14.4. The van der Waals surface area contributed by atoms with Gasteiger partial charge in [0.1, 0.15) is 0 Å². The minimum atomic E-state index is -1.70. The summed E-state index contributed by atoms with van der Waals surface area (Å²) in [5.41, 5.74) is -1.44. The molecule has 1 N–H and O–H groups in total. The SMILES string of the molecule is CN1C[C@H](c2ccc(Cl)c(Cl)c2)C(C#N)(C#N)[C@]12C(=O)Nc1ccc(Cl)cc12. The zero-order valence-corrected chi connectivity index (χ0v) is 16.9. The molecule has 0 radical (unpaired) electrons. The average molecular weight is 432 g/mol. The van der Waals surface area contributed by atoms with Gasteiger partial charge in [-0.3, -0.25) is 9.69 Å². The number of halogens is 3. The van der Waals surface area contributed by atoms with E-state index in [1.807, 2.05) is 0 Å². The number of carbonyl (C=O) groups is 1. The van der Waals surface area contributed by atoms with E-state index in [-0.39, 0.29) is 0 Å². The third-order valence-corrected chi connectivity index (χ3v) is 6.74. The summed E-state index contributed by atoms with van der Waals surface area (Å²) in [5.74, 6) is -1.00. The van der Waals surface area contributed by atoms with Gasteiger partial charge in [-0.05, 0) is 42.9 Å². The Morgan fingerprint density at radius 1 is 1.11 bits per heavy atom. The zero-order valence-electron chi connectivity index (χ0n) is 14.6. The highest BCUT2D eigenvalue weighted by Crippen LogP contribution is 2.61. The number of likely N-dealkylation sites (tertiary alicyclic amines) is 1. The molecule has 2 atom stereocenters. The number of anilines is 1. The van der Waals surface area contributed by atoms with Crippen LogP contribution in [-0.2, 0) is 10.3 Å². The van der Waals surface area contributed by atoms with Crippen LogP contribution in [0.2, 0.25) is 15.1 Å². The lowest BCUT2D eigenvalue weighted by molar-refractivity contribution is -0.128. The van der Waals surface area contributed by atoms with Gasteiger partial charge in [0.25, 0.3) is 5.91 Å². The quantitative estimate of drug-likeness (QED) is 0.718. The van der Waals surface area contributed by atoms with Crippen LogP contribution in [-0.4, -0.2) is 24.4 Å². The van der Waals surface area contributed by atoms with Crippen LogP contribution >= 0.6 is 34.8 Å². The van der Waals surface area contributed by atoms with Crippen molar-refractivity contribution in [2.75, 3.05) is 18.9 Å². The van der Waals surface area contributed by atoms with Crippen molar-refractivity contribution in [1.82, 2.24) is 4.90 Å². The number of nitrogens with zero attached hydrogens (tertiary/aromatic N) is 3. The van der Waals surface area contributed by atoms with Crippen LogP contribution in [0.4, 0.5) is 5.69 Å². The summed E-state index contributed by atoms with van der Waals surface area (Å²) in [6.45, 7) is 0.304. The molecule has 1 fully saturated rings. The van der Waals surface area contributed by atoms with Crippen molar-refractivity contribution in [3.8, 4) is 12.1 Å². The number of likely N-dealkylation sites (N-methyl/N-ethyl adjacent to an activating group) is 1. The molecule has 2 aromatic carbocycles. The molecule has 0 bridgehead atoms. The van der Waals surface area contributed by atoms with Gasteiger partial charge >= 0.3 is 0 Å². The maximum Gasteiger partial charge on any atom is 0.252 e. The second-order valence-electron chi connectivity index (χ2n) is 6.99. The van der Waals surface area contributed by atoms with E-state index in [4.69, 9.17) is 34.8 Å². The lowest BCUT2D eigenvalue weighted by Crippen LogP contribution is -2.54. The Morgan fingerprint density at radius 3 is 2.46 bits per heavy atom. The number of amides is 1. The molecule has 2 aliphatic heterocycles. The Hall–Kier alpha value is -2.28. The fourth-order valence-electron chi connectivity index (χ4n) is 4.56. The van der Waals surface area contributed by atoms with E-state index in [9.17, 15) is 15.3 Å². The second-order valence-corrected chi connectivity index (χ2v) is 8.24. The van der Waals surface area contributed by atoms with E-state index in [1.54, 1.807) is 48.3 Å². The molecule has 0 unspecified atom stereocenters. The van der Waals surface area contributed by atoms with Crippen molar-refractivity contribution in [3.63, 3.8) is 0 Å². The molecule has 28 heavy (non-hydrogen) atoms. The van der Waals surface area contributed by atoms with Crippen molar-refractivity contribution in [2.24, 2.45) is 5.41 Å². The summed E-state index contributed by atoms with van der Waals surface area (Å²) in [4.78, 5) is 15.0. The number of benzene rings is 2. The van der Waals surface area contributed by atoms with Crippen molar-refractivity contribution in [1.29, 1.82) is 10.5 Å². The third-order valence-electron chi connectivity index (χ3n) is 5.77. The predicted octanol–water partition coefficient (Wildman–Crippen LogP) is 4.56. The van der Waals surface area contributed by atoms with E-state index in [1.165, 1.54) is 0 Å². The summed E-state index contributed by atoms with van der Waals surface area (Å²) in [6.07, 6.45) is 0. The van der Waals surface area contributed by atoms with E-state index >= 15 is 0 Å². The number of carbonyl (C=O) groups excluding carboxylic acids is 1. The highest BCUT2D eigenvalue weighted by molar-refractivity contribution is 6.42. The van der Waals surface area contributed by atoms with Crippen LogP contribution in [0.5, 0.6) is 0 Å². The smallest absolute Gasteiger partial charge is 0.252 e. The third kappa shape index (κ3) is 2.19. The summed E-state index contributed by atoms with van der Waals surface area (Å²) < 4.78 is 0. The molecule has 140 valence electrons. The Balaban J connectivity index is 2.01. The molecule has 8 heteroatoms. The van der Waals surface area contributed by atoms with Gasteiger partial charge in [0.15, 0.2) is 11.0 Å². The van der Waals surface area contributed by atoms with Crippen LogP contribution in [0.1, 0.15) is 17.0 Å². The first kappa shape index (κ1) is 19.1. The standard InChI is InChI=1S/C20H13Cl3N4O/c1-27-8-14(11-2-4-15(22)16(23)6-11)19(9-24,10-25)20(27)13-7-12(21)3-5-17(13)26-18(20)28/h2-7,14H,8H2,1H3,(H,26,28)/t14-,20+/m1/s1. The fraction of sp³-hybridized carbons (Fsp3) is 0.250. The van der Waals surface area contributed by atoms with Crippen LogP contribution in [0.15, 0.2) is 36.4 Å². The number of fused-ring (bicyclic) bond motifs is 2. The lowest BCUT2D eigenvalue weighted by Gasteiger charge is -2.37. The molecular formula is C20H13Cl3N4O. The Labute approximate surface area is 177 Å². The fourth-order valence-corrected chi connectivity index (χ4v) is 5.04. The van der Waals surface area contributed by atoms with Gasteiger partial charge in [-0.2, -0.15) is 10.5 Å². The number of hydrogen-bond donors (Lipinski definition) is 1. The first-order valence-corrected chi connectivity index (χ1v) is 9.55. The molecule has 5 nitrogen and oxygen atoms in total. The van der Waals surface area contributed by atoms with E-state index in [2.05, 4.69) is 17.5 Å². The molecule has 2 aliphatic rings. The normalized spacial score (nSPS) is 25.2. The number of nitrogens with one attached hydrogen (secondary N) is 1. The highest BCUT2D eigenvalue weighted by atomic mass is 35.5. The molecule has 1 amide bonds. The van der Waals surface area contributed by atoms with E-state index in [0.29, 0.717) is 38.4 Å². The molecule has 1 saturated heterocycles.